The first-order valence-corrected chi connectivity index (χ1v) is 4.20. The van der Waals surface area contributed by atoms with Crippen LogP contribution in [0.3, 0.4) is 0 Å². The molecule has 0 spiro atoms. The zero-order chi connectivity index (χ0) is 10.1. The van der Waals surface area contributed by atoms with Crippen LogP contribution in [0, 0.1) is 0 Å². The number of carbonyl (C=O) groups is 1. The maximum absolute atomic E-state index is 11.0. The van der Waals surface area contributed by atoms with Gasteiger partial charge in [-0.15, -0.1) is 0 Å². The average Bonchev–Trinajstić information content (AvgIpc) is 2.59. The van der Waals surface area contributed by atoms with Crippen LogP contribution in [0.25, 0.3) is 11.0 Å². The number of aromatic amines is 1. The number of para-hydroxylation sites is 1. The topological polar surface area (TPSA) is 97.8 Å². The maximum Gasteiger partial charge on any atom is 0.250 e. The SMILES string of the molecule is NCc1nc2c(C(N)=O)cccc2[nH]1. The molecule has 0 aliphatic heterocycles. The fourth-order valence-electron chi connectivity index (χ4n) is 1.38. The van der Waals surface area contributed by atoms with Crippen molar-refractivity contribution in [3.05, 3.63) is 29.6 Å². The summed E-state index contributed by atoms with van der Waals surface area (Å²) in [7, 11) is 0. The summed E-state index contributed by atoms with van der Waals surface area (Å²) < 4.78 is 0. The van der Waals surface area contributed by atoms with Gasteiger partial charge in [-0.3, -0.25) is 4.79 Å². The summed E-state index contributed by atoms with van der Waals surface area (Å²) >= 11 is 0. The molecule has 1 aromatic carbocycles. The first kappa shape index (κ1) is 8.71. The molecule has 14 heavy (non-hydrogen) atoms. The summed E-state index contributed by atoms with van der Waals surface area (Å²) in [6.07, 6.45) is 0. The number of nitrogens with two attached hydrogens (primary N) is 2. The van der Waals surface area contributed by atoms with Crippen molar-refractivity contribution >= 4 is 16.9 Å². The molecule has 1 heterocycles. The Morgan fingerprint density at radius 1 is 1.50 bits per heavy atom. The highest BCUT2D eigenvalue weighted by molar-refractivity contribution is 6.03. The molecule has 2 aromatic rings. The Kier molecular flexibility index (Phi) is 1.94. The Hall–Kier alpha value is -1.88. The van der Waals surface area contributed by atoms with E-state index in [2.05, 4.69) is 9.97 Å². The highest BCUT2D eigenvalue weighted by Gasteiger charge is 2.09. The lowest BCUT2D eigenvalue weighted by Crippen LogP contribution is -2.11. The molecule has 1 amide bonds. The monoisotopic (exact) mass is 190 g/mol. The van der Waals surface area contributed by atoms with E-state index in [9.17, 15) is 4.79 Å². The number of H-pyrrole nitrogens is 1. The number of nitrogens with one attached hydrogen (secondary N) is 1. The van der Waals surface area contributed by atoms with Crippen molar-refractivity contribution in [2.45, 2.75) is 6.54 Å². The normalized spacial score (nSPS) is 10.6. The van der Waals surface area contributed by atoms with Gasteiger partial charge in [-0.1, -0.05) is 6.07 Å². The fraction of sp³-hybridized carbons (Fsp3) is 0.111. The molecule has 0 unspecified atom stereocenters. The van der Waals surface area contributed by atoms with Gasteiger partial charge in [-0.25, -0.2) is 4.98 Å². The number of nitrogens with zero attached hydrogens (tertiary/aromatic N) is 1. The van der Waals surface area contributed by atoms with Crippen molar-refractivity contribution in [3.63, 3.8) is 0 Å². The number of aromatic nitrogens is 2. The predicted molar refractivity (Wildman–Crippen MR) is 52.5 cm³/mol. The highest BCUT2D eigenvalue weighted by atomic mass is 16.1. The molecule has 2 rings (SSSR count). The molecule has 1 aromatic heterocycles. The van der Waals surface area contributed by atoms with E-state index in [0.717, 1.165) is 5.52 Å². The van der Waals surface area contributed by atoms with Gasteiger partial charge in [0.2, 0.25) is 0 Å². The van der Waals surface area contributed by atoms with E-state index < -0.39 is 5.91 Å². The smallest absolute Gasteiger partial charge is 0.250 e. The number of amides is 1. The fourth-order valence-corrected chi connectivity index (χ4v) is 1.38. The maximum atomic E-state index is 11.0. The Labute approximate surface area is 80.1 Å². The number of hydrogen-bond donors (Lipinski definition) is 3. The summed E-state index contributed by atoms with van der Waals surface area (Å²) in [6.45, 7) is 0.312. The number of fused-ring (bicyclic) bond motifs is 1. The zero-order valence-corrected chi connectivity index (χ0v) is 7.45. The number of rotatable bonds is 2. The standard InChI is InChI=1S/C9H10N4O/c10-4-7-12-6-3-1-2-5(9(11)14)8(6)13-7/h1-3H,4,10H2,(H2,11,14)(H,12,13). The van der Waals surface area contributed by atoms with Gasteiger partial charge in [0.15, 0.2) is 0 Å². The number of hydrogen-bond acceptors (Lipinski definition) is 3. The third kappa shape index (κ3) is 1.23. The van der Waals surface area contributed by atoms with E-state index in [0.29, 0.717) is 23.4 Å². The van der Waals surface area contributed by atoms with Crippen molar-refractivity contribution in [2.75, 3.05) is 0 Å². The molecule has 72 valence electrons. The van der Waals surface area contributed by atoms with E-state index in [1.807, 2.05) is 6.07 Å². The molecule has 0 aliphatic rings. The minimum absolute atomic E-state index is 0.312. The van der Waals surface area contributed by atoms with Crippen LogP contribution >= 0.6 is 0 Å². The molecule has 0 saturated heterocycles. The van der Waals surface area contributed by atoms with Gasteiger partial charge in [0.05, 0.1) is 17.6 Å². The molecule has 5 nitrogen and oxygen atoms in total. The summed E-state index contributed by atoms with van der Waals surface area (Å²) in [5, 5.41) is 0. The molecule has 5 N–H and O–H groups in total. The predicted octanol–water partition coefficient (Wildman–Crippen LogP) is 0.120. The van der Waals surface area contributed by atoms with Crippen LogP contribution in [0.5, 0.6) is 0 Å². The molecule has 0 atom stereocenters. The van der Waals surface area contributed by atoms with Crippen LogP contribution in [0.4, 0.5) is 0 Å². The Balaban J connectivity index is 2.73. The van der Waals surface area contributed by atoms with Gasteiger partial charge in [0.25, 0.3) is 5.91 Å². The van der Waals surface area contributed by atoms with Gasteiger partial charge in [-0.2, -0.15) is 0 Å². The van der Waals surface area contributed by atoms with Gasteiger partial charge in [0, 0.05) is 0 Å². The minimum Gasteiger partial charge on any atom is -0.366 e. The highest BCUT2D eigenvalue weighted by Crippen LogP contribution is 2.15. The van der Waals surface area contributed by atoms with Crippen molar-refractivity contribution in [3.8, 4) is 0 Å². The summed E-state index contributed by atoms with van der Waals surface area (Å²) in [4.78, 5) is 18.2. The molecule has 5 heteroatoms. The van der Waals surface area contributed by atoms with Gasteiger partial charge >= 0.3 is 0 Å². The van der Waals surface area contributed by atoms with Gasteiger partial charge in [0.1, 0.15) is 11.3 Å². The molecule has 0 saturated carbocycles. The van der Waals surface area contributed by atoms with Crippen molar-refractivity contribution in [1.82, 2.24) is 9.97 Å². The van der Waals surface area contributed by atoms with Crippen LogP contribution in [-0.4, -0.2) is 15.9 Å². The summed E-state index contributed by atoms with van der Waals surface area (Å²) in [6, 6.07) is 5.22. The van der Waals surface area contributed by atoms with Crippen LogP contribution in [0.15, 0.2) is 18.2 Å². The van der Waals surface area contributed by atoms with E-state index >= 15 is 0 Å². The first-order chi connectivity index (χ1) is 6.72. The van der Waals surface area contributed by atoms with Crippen LogP contribution < -0.4 is 11.5 Å². The quantitative estimate of drug-likeness (QED) is 0.627. The van der Waals surface area contributed by atoms with Gasteiger partial charge in [-0.05, 0) is 12.1 Å². The first-order valence-electron chi connectivity index (χ1n) is 4.20. The van der Waals surface area contributed by atoms with Crippen LogP contribution in [-0.2, 0) is 6.54 Å². The van der Waals surface area contributed by atoms with Gasteiger partial charge < -0.3 is 16.5 Å². The Morgan fingerprint density at radius 3 is 2.93 bits per heavy atom. The number of imidazole rings is 1. The second-order valence-electron chi connectivity index (χ2n) is 2.95. The van der Waals surface area contributed by atoms with Crippen molar-refractivity contribution in [1.29, 1.82) is 0 Å². The van der Waals surface area contributed by atoms with Crippen molar-refractivity contribution < 1.29 is 4.79 Å². The largest absolute Gasteiger partial charge is 0.366 e. The second-order valence-corrected chi connectivity index (χ2v) is 2.95. The number of carbonyl (C=O) groups excluding carboxylic acids is 1. The molecule has 0 aliphatic carbocycles. The lowest BCUT2D eigenvalue weighted by atomic mass is 10.2. The third-order valence-corrected chi connectivity index (χ3v) is 2.02. The Morgan fingerprint density at radius 2 is 2.29 bits per heavy atom. The number of primary amides is 1. The van der Waals surface area contributed by atoms with Crippen LogP contribution in [0.1, 0.15) is 16.2 Å². The molecule has 0 radical (unpaired) electrons. The molecule has 0 fully saturated rings. The number of benzene rings is 1. The van der Waals surface area contributed by atoms with E-state index in [1.54, 1.807) is 12.1 Å². The van der Waals surface area contributed by atoms with E-state index in [4.69, 9.17) is 11.5 Å². The average molecular weight is 190 g/mol. The molecule has 0 bridgehead atoms. The second kappa shape index (κ2) is 3.12. The van der Waals surface area contributed by atoms with E-state index in [1.165, 1.54) is 0 Å². The Bertz CT molecular complexity index is 489. The van der Waals surface area contributed by atoms with Crippen LogP contribution in [0.2, 0.25) is 0 Å². The third-order valence-electron chi connectivity index (χ3n) is 2.02. The van der Waals surface area contributed by atoms with E-state index in [-0.39, 0.29) is 0 Å². The minimum atomic E-state index is -0.481. The molecular weight excluding hydrogens is 180 g/mol. The lowest BCUT2D eigenvalue weighted by Gasteiger charge is -1.94. The lowest BCUT2D eigenvalue weighted by molar-refractivity contribution is 0.100. The summed E-state index contributed by atoms with van der Waals surface area (Å²) in [5.41, 5.74) is 12.4. The molecular formula is C9H10N4O. The van der Waals surface area contributed by atoms with Crippen molar-refractivity contribution in [2.24, 2.45) is 11.5 Å². The zero-order valence-electron chi connectivity index (χ0n) is 7.45. The summed E-state index contributed by atoms with van der Waals surface area (Å²) in [5.74, 6) is 0.166.